The van der Waals surface area contributed by atoms with Gasteiger partial charge in [-0.15, -0.1) is 0 Å². The molecule has 1 nitrogen and oxygen atoms in total. The number of halogens is 2. The van der Waals surface area contributed by atoms with Crippen LogP contribution in [0, 0.1) is 5.41 Å². The highest BCUT2D eigenvalue weighted by Gasteiger charge is 2.31. The summed E-state index contributed by atoms with van der Waals surface area (Å²) in [4.78, 5) is 0. The van der Waals surface area contributed by atoms with Gasteiger partial charge in [-0.3, -0.25) is 0 Å². The second-order valence-electron chi connectivity index (χ2n) is 5.89. The van der Waals surface area contributed by atoms with Gasteiger partial charge in [-0.1, -0.05) is 62.2 Å². The predicted molar refractivity (Wildman–Crippen MR) is 90.5 cm³/mol. The van der Waals surface area contributed by atoms with Crippen molar-refractivity contribution in [3.63, 3.8) is 0 Å². The minimum atomic E-state index is -0.0493. The van der Waals surface area contributed by atoms with Crippen LogP contribution in [0.5, 0.6) is 0 Å². The van der Waals surface area contributed by atoms with Crippen LogP contribution in [-0.2, 0) is 11.2 Å². The van der Waals surface area contributed by atoms with Gasteiger partial charge >= 0.3 is 0 Å². The van der Waals surface area contributed by atoms with Crippen molar-refractivity contribution in [2.45, 2.75) is 38.7 Å². The summed E-state index contributed by atoms with van der Waals surface area (Å²) in [6.07, 6.45) is 3.29. The van der Waals surface area contributed by atoms with Crippen molar-refractivity contribution in [1.82, 2.24) is 0 Å². The first-order valence-electron chi connectivity index (χ1n) is 6.68. The Morgan fingerprint density at radius 1 is 1.00 bits per heavy atom. The lowest BCUT2D eigenvalue weighted by atomic mass is 9.79. The molecule has 0 bridgehead atoms. The molecule has 108 valence electrons. The van der Waals surface area contributed by atoms with Gasteiger partial charge < -0.3 is 4.74 Å². The van der Waals surface area contributed by atoms with E-state index >= 15 is 0 Å². The van der Waals surface area contributed by atoms with Gasteiger partial charge in [0.25, 0.3) is 0 Å². The quantitative estimate of drug-likeness (QED) is 0.552. The average Bonchev–Trinajstić information content (AvgIpc) is 2.45. The maximum absolute atomic E-state index is 5.54. The van der Waals surface area contributed by atoms with E-state index in [9.17, 15) is 0 Å². The number of ether oxygens (including phenoxy) is 1. The van der Waals surface area contributed by atoms with E-state index in [4.69, 9.17) is 4.74 Å². The summed E-state index contributed by atoms with van der Waals surface area (Å²) in [7, 11) is 1.79. The maximum atomic E-state index is 5.54. The van der Waals surface area contributed by atoms with E-state index in [0.717, 1.165) is 29.9 Å². The van der Waals surface area contributed by atoms with Crippen molar-refractivity contribution in [2.24, 2.45) is 5.41 Å². The fourth-order valence-electron chi connectivity index (χ4n) is 2.05. The van der Waals surface area contributed by atoms with Crippen LogP contribution >= 0.6 is 31.9 Å². The average molecular weight is 392 g/mol. The summed E-state index contributed by atoms with van der Waals surface area (Å²) in [5.74, 6) is 0. The van der Waals surface area contributed by atoms with E-state index in [1.807, 2.05) is 0 Å². The second kappa shape index (κ2) is 7.80. The molecule has 0 unspecified atom stereocenters. The number of benzene rings is 1. The van der Waals surface area contributed by atoms with E-state index in [1.165, 1.54) is 5.56 Å². The van der Waals surface area contributed by atoms with Gasteiger partial charge in [0.1, 0.15) is 0 Å². The van der Waals surface area contributed by atoms with Crippen molar-refractivity contribution in [2.75, 3.05) is 17.8 Å². The summed E-state index contributed by atoms with van der Waals surface area (Å²) < 4.78 is 5.54. The Kier molecular flexibility index (Phi) is 7.06. The molecule has 0 spiro atoms. The molecule has 19 heavy (non-hydrogen) atoms. The molecule has 0 atom stereocenters. The topological polar surface area (TPSA) is 9.23 Å². The molecule has 0 amide bonds. The van der Waals surface area contributed by atoms with E-state index in [0.29, 0.717) is 0 Å². The third-order valence-electron chi connectivity index (χ3n) is 3.80. The normalized spacial score (nSPS) is 12.7. The first-order chi connectivity index (χ1) is 8.97. The Labute approximate surface area is 134 Å². The Morgan fingerprint density at radius 3 is 2.05 bits per heavy atom. The fourth-order valence-corrected chi connectivity index (χ4v) is 3.94. The van der Waals surface area contributed by atoms with Gasteiger partial charge in [0, 0.05) is 17.8 Å². The van der Waals surface area contributed by atoms with Crippen LogP contribution in [0.25, 0.3) is 0 Å². The zero-order valence-corrected chi connectivity index (χ0v) is 15.3. The molecule has 0 aliphatic rings. The number of rotatable bonds is 8. The number of hydrogen-bond acceptors (Lipinski definition) is 1. The predicted octanol–water partition coefficient (Wildman–Crippen LogP) is 5.21. The van der Waals surface area contributed by atoms with E-state index < -0.39 is 0 Å². The first kappa shape index (κ1) is 17.2. The SMILES string of the molecule is COC(C)(C)CCC(CBr)(CBr)Cc1ccccc1. The summed E-state index contributed by atoms with van der Waals surface area (Å²) in [6.45, 7) is 4.31. The van der Waals surface area contributed by atoms with Crippen molar-refractivity contribution in [3.05, 3.63) is 35.9 Å². The number of alkyl halides is 2. The largest absolute Gasteiger partial charge is 0.379 e. The molecule has 1 aromatic carbocycles. The molecule has 3 heteroatoms. The molecular weight excluding hydrogens is 368 g/mol. The highest BCUT2D eigenvalue weighted by atomic mass is 79.9. The van der Waals surface area contributed by atoms with Crippen molar-refractivity contribution in [3.8, 4) is 0 Å². The van der Waals surface area contributed by atoms with Gasteiger partial charge in [0.05, 0.1) is 5.60 Å². The molecular formula is C16H24Br2O. The highest BCUT2D eigenvalue weighted by molar-refractivity contribution is 9.09. The molecule has 0 saturated heterocycles. The third-order valence-corrected chi connectivity index (χ3v) is 6.18. The lowest BCUT2D eigenvalue weighted by molar-refractivity contribution is 0.00663. The molecule has 0 heterocycles. The van der Waals surface area contributed by atoms with Crippen molar-refractivity contribution < 1.29 is 4.74 Å². The zero-order valence-electron chi connectivity index (χ0n) is 12.1. The summed E-state index contributed by atoms with van der Waals surface area (Å²) in [5, 5.41) is 2.00. The Hall–Kier alpha value is 0.140. The van der Waals surface area contributed by atoms with Crippen LogP contribution in [0.4, 0.5) is 0 Å². The Balaban J connectivity index is 2.74. The van der Waals surface area contributed by atoms with Crippen LogP contribution in [0.3, 0.4) is 0 Å². The zero-order chi connectivity index (χ0) is 14.4. The van der Waals surface area contributed by atoms with E-state index in [1.54, 1.807) is 7.11 Å². The number of hydrogen-bond donors (Lipinski definition) is 0. The monoisotopic (exact) mass is 390 g/mol. The molecule has 0 aromatic heterocycles. The molecule has 1 rings (SSSR count). The Morgan fingerprint density at radius 2 is 1.58 bits per heavy atom. The molecule has 0 aliphatic heterocycles. The fraction of sp³-hybridized carbons (Fsp3) is 0.625. The van der Waals surface area contributed by atoms with Crippen molar-refractivity contribution in [1.29, 1.82) is 0 Å². The smallest absolute Gasteiger partial charge is 0.0623 e. The summed E-state index contributed by atoms with van der Waals surface area (Å²) in [5.41, 5.74) is 1.60. The minimum Gasteiger partial charge on any atom is -0.379 e. The van der Waals surface area contributed by atoms with Crippen LogP contribution in [-0.4, -0.2) is 23.4 Å². The summed E-state index contributed by atoms with van der Waals surface area (Å²) in [6, 6.07) is 10.7. The lowest BCUT2D eigenvalue weighted by Crippen LogP contribution is -2.32. The van der Waals surface area contributed by atoms with Crippen LogP contribution in [0.15, 0.2) is 30.3 Å². The van der Waals surface area contributed by atoms with Gasteiger partial charge in [-0.25, -0.2) is 0 Å². The summed E-state index contributed by atoms with van der Waals surface area (Å²) >= 11 is 7.42. The number of methoxy groups -OCH3 is 1. The Bertz CT molecular complexity index is 358. The van der Waals surface area contributed by atoms with Gasteiger partial charge in [0.2, 0.25) is 0 Å². The van der Waals surface area contributed by atoms with Crippen molar-refractivity contribution >= 4 is 31.9 Å². The van der Waals surface area contributed by atoms with Gasteiger partial charge in [-0.05, 0) is 44.1 Å². The molecule has 0 aliphatic carbocycles. The lowest BCUT2D eigenvalue weighted by Gasteiger charge is -2.34. The highest BCUT2D eigenvalue weighted by Crippen LogP contribution is 2.35. The van der Waals surface area contributed by atoms with E-state index in [-0.39, 0.29) is 11.0 Å². The molecule has 0 fully saturated rings. The van der Waals surface area contributed by atoms with Gasteiger partial charge in [0.15, 0.2) is 0 Å². The minimum absolute atomic E-state index is 0.0493. The molecule has 0 saturated carbocycles. The van der Waals surface area contributed by atoms with E-state index in [2.05, 4.69) is 76.0 Å². The molecule has 0 N–H and O–H groups in total. The third kappa shape index (κ3) is 5.57. The first-order valence-corrected chi connectivity index (χ1v) is 8.92. The standard InChI is InChI=1S/C16H24Br2O/c1-15(2,19-3)9-10-16(12-17,13-18)11-14-7-5-4-6-8-14/h4-8H,9-13H2,1-3H3. The van der Waals surface area contributed by atoms with Crippen LogP contribution in [0.2, 0.25) is 0 Å². The second-order valence-corrected chi connectivity index (χ2v) is 7.01. The molecule has 0 radical (unpaired) electrons. The molecule has 1 aromatic rings. The van der Waals surface area contributed by atoms with Crippen LogP contribution in [0.1, 0.15) is 32.3 Å². The maximum Gasteiger partial charge on any atom is 0.0623 e. The van der Waals surface area contributed by atoms with Gasteiger partial charge in [-0.2, -0.15) is 0 Å². The van der Waals surface area contributed by atoms with Crippen LogP contribution < -0.4 is 0 Å².